The van der Waals surface area contributed by atoms with Gasteiger partial charge in [-0.05, 0) is 37.8 Å². The fourth-order valence-electron chi connectivity index (χ4n) is 3.66. The number of hydrogen-bond donors (Lipinski definition) is 1. The van der Waals surface area contributed by atoms with E-state index in [1.54, 1.807) is 6.20 Å². The molecule has 3 rings (SSSR count). The van der Waals surface area contributed by atoms with Crippen molar-refractivity contribution in [2.24, 2.45) is 11.7 Å². The van der Waals surface area contributed by atoms with Crippen LogP contribution in [0.15, 0.2) is 24.5 Å². The standard InChI is InChI=1S/C17H26N4O.3ClH/c1-13(15-3-2-6-19-12-15)20-7-9-21(10-8-20)17(22)14-4-5-16(18)11-14;;;/h2-3,6,12-14,16H,4-5,7-11,18H2,1H3;3*1H. The first-order valence-electron chi connectivity index (χ1n) is 8.33. The minimum absolute atomic E-state index is 0. The topological polar surface area (TPSA) is 62.5 Å². The van der Waals surface area contributed by atoms with Crippen LogP contribution in [0, 0.1) is 5.92 Å². The number of aromatic nitrogens is 1. The molecule has 0 spiro atoms. The van der Waals surface area contributed by atoms with E-state index in [0.717, 1.165) is 45.4 Å². The van der Waals surface area contributed by atoms with E-state index >= 15 is 0 Å². The van der Waals surface area contributed by atoms with E-state index in [0.29, 0.717) is 11.9 Å². The maximum atomic E-state index is 12.5. The van der Waals surface area contributed by atoms with E-state index in [4.69, 9.17) is 5.73 Å². The van der Waals surface area contributed by atoms with Gasteiger partial charge in [0, 0.05) is 56.6 Å². The summed E-state index contributed by atoms with van der Waals surface area (Å²) in [7, 11) is 0. The van der Waals surface area contributed by atoms with Gasteiger partial charge < -0.3 is 10.6 Å². The molecule has 0 radical (unpaired) electrons. The van der Waals surface area contributed by atoms with Crippen LogP contribution < -0.4 is 5.73 Å². The number of piperazine rings is 1. The predicted molar refractivity (Wildman–Crippen MR) is 108 cm³/mol. The van der Waals surface area contributed by atoms with Gasteiger partial charge in [0.25, 0.3) is 0 Å². The Morgan fingerprint density at radius 1 is 1.20 bits per heavy atom. The lowest BCUT2D eigenvalue weighted by Crippen LogP contribution is -2.50. The van der Waals surface area contributed by atoms with Gasteiger partial charge in [-0.3, -0.25) is 14.7 Å². The van der Waals surface area contributed by atoms with Crippen molar-refractivity contribution < 1.29 is 4.79 Å². The van der Waals surface area contributed by atoms with Crippen LogP contribution in [0.2, 0.25) is 0 Å². The zero-order valence-electron chi connectivity index (χ0n) is 14.5. The van der Waals surface area contributed by atoms with Crippen LogP contribution in [-0.2, 0) is 4.79 Å². The normalized spacial score (nSPS) is 24.5. The van der Waals surface area contributed by atoms with Crippen molar-refractivity contribution >= 4 is 43.1 Å². The molecule has 2 fully saturated rings. The lowest BCUT2D eigenvalue weighted by Gasteiger charge is -2.39. The molecule has 2 heterocycles. The summed E-state index contributed by atoms with van der Waals surface area (Å²) >= 11 is 0. The number of amides is 1. The molecule has 1 aromatic rings. The summed E-state index contributed by atoms with van der Waals surface area (Å²) < 4.78 is 0. The smallest absolute Gasteiger partial charge is 0.225 e. The Morgan fingerprint density at radius 2 is 1.88 bits per heavy atom. The van der Waals surface area contributed by atoms with Crippen LogP contribution in [-0.4, -0.2) is 52.9 Å². The number of nitrogens with zero attached hydrogens (tertiary/aromatic N) is 3. The van der Waals surface area contributed by atoms with Gasteiger partial charge in [-0.15, -0.1) is 37.2 Å². The molecule has 1 aliphatic heterocycles. The van der Waals surface area contributed by atoms with E-state index < -0.39 is 0 Å². The summed E-state index contributed by atoms with van der Waals surface area (Å²) in [5.41, 5.74) is 7.17. The third-order valence-electron chi connectivity index (χ3n) is 5.16. The van der Waals surface area contributed by atoms with E-state index in [-0.39, 0.29) is 49.2 Å². The van der Waals surface area contributed by atoms with Crippen molar-refractivity contribution in [1.29, 1.82) is 0 Å². The van der Waals surface area contributed by atoms with Crippen molar-refractivity contribution in [3.05, 3.63) is 30.1 Å². The summed E-state index contributed by atoms with van der Waals surface area (Å²) in [6, 6.07) is 4.68. The summed E-state index contributed by atoms with van der Waals surface area (Å²) in [6.45, 7) is 5.73. The lowest BCUT2D eigenvalue weighted by molar-refractivity contribution is -0.137. The van der Waals surface area contributed by atoms with Gasteiger partial charge in [0.05, 0.1) is 0 Å². The van der Waals surface area contributed by atoms with E-state index in [2.05, 4.69) is 22.9 Å². The highest BCUT2D eigenvalue weighted by Gasteiger charge is 2.33. The lowest BCUT2D eigenvalue weighted by atomic mass is 10.0. The number of rotatable bonds is 3. The summed E-state index contributed by atoms with van der Waals surface area (Å²) in [5.74, 6) is 0.485. The molecular weight excluding hydrogens is 383 g/mol. The fourth-order valence-corrected chi connectivity index (χ4v) is 3.66. The van der Waals surface area contributed by atoms with Crippen LogP contribution in [0.25, 0.3) is 0 Å². The zero-order valence-corrected chi connectivity index (χ0v) is 17.0. The maximum absolute atomic E-state index is 12.5. The number of carbonyl (C=O) groups is 1. The Balaban J connectivity index is 0.00000192. The molecule has 3 unspecified atom stereocenters. The van der Waals surface area contributed by atoms with Crippen LogP contribution >= 0.6 is 37.2 Å². The summed E-state index contributed by atoms with van der Waals surface area (Å²) in [5, 5.41) is 0. The van der Waals surface area contributed by atoms with Crippen molar-refractivity contribution in [3.63, 3.8) is 0 Å². The Kier molecular flexibility index (Phi) is 10.9. The number of nitrogens with two attached hydrogens (primary N) is 1. The molecule has 1 aliphatic carbocycles. The molecule has 5 nitrogen and oxygen atoms in total. The average molecular weight is 412 g/mol. The molecule has 0 aromatic carbocycles. The van der Waals surface area contributed by atoms with E-state index in [9.17, 15) is 4.79 Å². The average Bonchev–Trinajstić information content (AvgIpc) is 3.01. The SMILES string of the molecule is CC(c1cccnc1)N1CCN(C(=O)C2CCC(N)C2)CC1.Cl.Cl.Cl. The molecule has 1 saturated heterocycles. The molecule has 8 heteroatoms. The first-order chi connectivity index (χ1) is 10.6. The molecule has 0 bridgehead atoms. The van der Waals surface area contributed by atoms with E-state index in [1.165, 1.54) is 5.56 Å². The fraction of sp³-hybridized carbons (Fsp3) is 0.647. The molecule has 25 heavy (non-hydrogen) atoms. The van der Waals surface area contributed by atoms with Crippen molar-refractivity contribution in [2.45, 2.75) is 38.3 Å². The van der Waals surface area contributed by atoms with Crippen LogP contribution in [0.1, 0.15) is 37.8 Å². The summed E-state index contributed by atoms with van der Waals surface area (Å²) in [4.78, 5) is 21.2. The largest absolute Gasteiger partial charge is 0.340 e. The monoisotopic (exact) mass is 410 g/mol. The molecular formula is C17H29Cl3N4O. The molecule has 1 saturated carbocycles. The van der Waals surface area contributed by atoms with Gasteiger partial charge in [-0.2, -0.15) is 0 Å². The molecule has 1 aromatic heterocycles. The molecule has 3 atom stereocenters. The maximum Gasteiger partial charge on any atom is 0.225 e. The zero-order chi connectivity index (χ0) is 15.5. The van der Waals surface area contributed by atoms with Gasteiger partial charge in [-0.1, -0.05) is 6.07 Å². The predicted octanol–water partition coefficient (Wildman–Crippen LogP) is 2.68. The molecule has 1 amide bonds. The molecule has 144 valence electrons. The second-order valence-corrected chi connectivity index (χ2v) is 6.59. The Bertz CT molecular complexity index is 512. The minimum Gasteiger partial charge on any atom is -0.340 e. The van der Waals surface area contributed by atoms with E-state index in [1.807, 2.05) is 17.2 Å². The number of carbonyl (C=O) groups excluding carboxylic acids is 1. The van der Waals surface area contributed by atoms with Crippen molar-refractivity contribution in [3.8, 4) is 0 Å². The molecule has 2 N–H and O–H groups in total. The Hall–Kier alpha value is -0.590. The first kappa shape index (κ1) is 24.4. The second kappa shape index (κ2) is 11.2. The number of halogens is 3. The Morgan fingerprint density at radius 3 is 2.40 bits per heavy atom. The van der Waals surface area contributed by atoms with Crippen LogP contribution in [0.3, 0.4) is 0 Å². The third-order valence-corrected chi connectivity index (χ3v) is 5.16. The third kappa shape index (κ3) is 5.97. The van der Waals surface area contributed by atoms with Crippen molar-refractivity contribution in [1.82, 2.24) is 14.8 Å². The van der Waals surface area contributed by atoms with Gasteiger partial charge >= 0.3 is 0 Å². The molecule has 2 aliphatic rings. The first-order valence-corrected chi connectivity index (χ1v) is 8.33. The highest BCUT2D eigenvalue weighted by atomic mass is 35.5. The minimum atomic E-state index is 0. The van der Waals surface area contributed by atoms with Gasteiger partial charge in [0.15, 0.2) is 0 Å². The van der Waals surface area contributed by atoms with Crippen LogP contribution in [0.5, 0.6) is 0 Å². The number of pyridine rings is 1. The van der Waals surface area contributed by atoms with Crippen LogP contribution in [0.4, 0.5) is 0 Å². The second-order valence-electron chi connectivity index (χ2n) is 6.59. The Labute approximate surface area is 168 Å². The van der Waals surface area contributed by atoms with Gasteiger partial charge in [-0.25, -0.2) is 0 Å². The summed E-state index contributed by atoms with van der Waals surface area (Å²) in [6.07, 6.45) is 6.56. The van der Waals surface area contributed by atoms with Crippen molar-refractivity contribution in [2.75, 3.05) is 26.2 Å². The highest BCUT2D eigenvalue weighted by Crippen LogP contribution is 2.27. The number of hydrogen-bond acceptors (Lipinski definition) is 4. The van der Waals surface area contributed by atoms with Gasteiger partial charge in [0.2, 0.25) is 5.91 Å². The highest BCUT2D eigenvalue weighted by molar-refractivity contribution is 5.86. The van der Waals surface area contributed by atoms with Gasteiger partial charge in [0.1, 0.15) is 0 Å². The quantitative estimate of drug-likeness (QED) is 0.830.